The van der Waals surface area contributed by atoms with Crippen LogP contribution in [0.4, 0.5) is 0 Å². The van der Waals surface area contributed by atoms with Crippen molar-refractivity contribution in [1.82, 2.24) is 15.4 Å². The van der Waals surface area contributed by atoms with Crippen molar-refractivity contribution in [3.63, 3.8) is 0 Å². The molecule has 1 saturated heterocycles. The zero-order valence-electron chi connectivity index (χ0n) is 16.6. The van der Waals surface area contributed by atoms with Gasteiger partial charge in [0, 0.05) is 23.4 Å². The van der Waals surface area contributed by atoms with E-state index in [1.807, 2.05) is 0 Å². The molecule has 1 fully saturated rings. The standard InChI is InChI=1S/C23H31N3O/c1-26(2)16-21-19(18-6-4-3-5-7-18)9-10-20-22(25-27-23(20)21)11-8-17-12-14-24-15-13-17/h3-6,9-10,17-18,24H,7-8,11-16H2,1-2H3. The van der Waals surface area contributed by atoms with Crippen molar-refractivity contribution in [1.29, 1.82) is 0 Å². The minimum atomic E-state index is 0.428. The summed E-state index contributed by atoms with van der Waals surface area (Å²) < 4.78 is 5.92. The molecule has 1 aliphatic heterocycles. The SMILES string of the molecule is CN(C)Cc1c(C2C=CC=CC2)ccc2c(CCC3CCNCC3)noc12. The lowest BCUT2D eigenvalue weighted by Gasteiger charge is -2.22. The van der Waals surface area contributed by atoms with Crippen LogP contribution in [-0.2, 0) is 13.0 Å². The molecule has 4 nitrogen and oxygen atoms in total. The van der Waals surface area contributed by atoms with Gasteiger partial charge in [-0.2, -0.15) is 0 Å². The molecule has 0 radical (unpaired) electrons. The van der Waals surface area contributed by atoms with E-state index in [1.165, 1.54) is 35.8 Å². The molecule has 2 aromatic rings. The van der Waals surface area contributed by atoms with Crippen LogP contribution in [0.2, 0.25) is 0 Å². The summed E-state index contributed by atoms with van der Waals surface area (Å²) in [6.45, 7) is 3.19. The highest BCUT2D eigenvalue weighted by atomic mass is 16.5. The van der Waals surface area contributed by atoms with Gasteiger partial charge in [-0.05, 0) is 76.8 Å². The van der Waals surface area contributed by atoms with Gasteiger partial charge in [-0.3, -0.25) is 0 Å². The van der Waals surface area contributed by atoms with E-state index in [2.05, 4.69) is 65.9 Å². The van der Waals surface area contributed by atoms with E-state index in [-0.39, 0.29) is 0 Å². The lowest BCUT2D eigenvalue weighted by molar-refractivity contribution is 0.349. The van der Waals surface area contributed by atoms with E-state index >= 15 is 0 Å². The van der Waals surface area contributed by atoms with Crippen LogP contribution in [0.3, 0.4) is 0 Å². The maximum atomic E-state index is 5.92. The number of hydrogen-bond donors (Lipinski definition) is 1. The maximum absolute atomic E-state index is 5.92. The summed E-state index contributed by atoms with van der Waals surface area (Å²) in [6.07, 6.45) is 14.7. The molecule has 144 valence electrons. The number of aryl methyl sites for hydroxylation is 1. The second kappa shape index (κ2) is 8.41. The van der Waals surface area contributed by atoms with Crippen LogP contribution < -0.4 is 5.32 Å². The quantitative estimate of drug-likeness (QED) is 0.823. The summed E-state index contributed by atoms with van der Waals surface area (Å²) in [4.78, 5) is 2.22. The van der Waals surface area contributed by atoms with Crippen molar-refractivity contribution in [2.24, 2.45) is 5.92 Å². The smallest absolute Gasteiger partial charge is 0.171 e. The zero-order chi connectivity index (χ0) is 18.6. The summed E-state index contributed by atoms with van der Waals surface area (Å²) >= 11 is 0. The van der Waals surface area contributed by atoms with Crippen molar-refractivity contribution < 1.29 is 4.52 Å². The van der Waals surface area contributed by atoms with E-state index in [1.54, 1.807) is 0 Å². The van der Waals surface area contributed by atoms with Gasteiger partial charge in [0.05, 0.1) is 5.69 Å². The highest BCUT2D eigenvalue weighted by Gasteiger charge is 2.21. The molecule has 1 aliphatic carbocycles. The minimum Gasteiger partial charge on any atom is -0.356 e. The minimum absolute atomic E-state index is 0.428. The van der Waals surface area contributed by atoms with Gasteiger partial charge in [0.15, 0.2) is 5.58 Å². The summed E-state index contributed by atoms with van der Waals surface area (Å²) in [6, 6.07) is 4.55. The number of allylic oxidation sites excluding steroid dienone is 4. The number of aromatic nitrogens is 1. The third-order valence-electron chi connectivity index (χ3n) is 5.96. The number of nitrogens with zero attached hydrogens (tertiary/aromatic N) is 2. The number of benzene rings is 1. The number of nitrogens with one attached hydrogen (secondary N) is 1. The average molecular weight is 366 g/mol. The van der Waals surface area contributed by atoms with Gasteiger partial charge in [-0.25, -0.2) is 0 Å². The van der Waals surface area contributed by atoms with Crippen LogP contribution in [0.15, 0.2) is 41.0 Å². The van der Waals surface area contributed by atoms with E-state index in [9.17, 15) is 0 Å². The molecule has 2 heterocycles. The summed E-state index contributed by atoms with van der Waals surface area (Å²) in [7, 11) is 4.24. The van der Waals surface area contributed by atoms with Gasteiger partial charge in [-0.1, -0.05) is 35.5 Å². The Balaban J connectivity index is 1.62. The van der Waals surface area contributed by atoms with Gasteiger partial charge in [0.25, 0.3) is 0 Å². The second-order valence-corrected chi connectivity index (χ2v) is 8.26. The highest BCUT2D eigenvalue weighted by Crippen LogP contribution is 2.34. The van der Waals surface area contributed by atoms with E-state index in [0.717, 1.165) is 49.7 Å². The van der Waals surface area contributed by atoms with Crippen LogP contribution in [0, 0.1) is 5.92 Å². The highest BCUT2D eigenvalue weighted by molar-refractivity contribution is 5.84. The number of fused-ring (bicyclic) bond motifs is 1. The molecule has 0 spiro atoms. The van der Waals surface area contributed by atoms with Gasteiger partial charge >= 0.3 is 0 Å². The number of rotatable bonds is 6. The predicted octanol–water partition coefficient (Wildman–Crippen LogP) is 4.42. The van der Waals surface area contributed by atoms with Crippen molar-refractivity contribution in [3.8, 4) is 0 Å². The molecule has 1 atom stereocenters. The molecule has 0 saturated carbocycles. The molecule has 1 aromatic carbocycles. The molecule has 0 bridgehead atoms. The van der Waals surface area contributed by atoms with Gasteiger partial charge in [0.1, 0.15) is 0 Å². The Kier molecular flexibility index (Phi) is 5.74. The van der Waals surface area contributed by atoms with Crippen LogP contribution >= 0.6 is 0 Å². The van der Waals surface area contributed by atoms with Crippen molar-refractivity contribution in [3.05, 3.63) is 53.3 Å². The Morgan fingerprint density at radius 1 is 1.19 bits per heavy atom. The Bertz CT molecular complexity index is 828. The summed E-state index contributed by atoms with van der Waals surface area (Å²) in [5.74, 6) is 1.25. The van der Waals surface area contributed by atoms with E-state index in [0.29, 0.717) is 5.92 Å². The van der Waals surface area contributed by atoms with E-state index < -0.39 is 0 Å². The van der Waals surface area contributed by atoms with E-state index in [4.69, 9.17) is 4.52 Å². The van der Waals surface area contributed by atoms with Crippen LogP contribution in [0.5, 0.6) is 0 Å². The molecule has 0 amide bonds. The average Bonchev–Trinajstić information content (AvgIpc) is 3.11. The molecule has 27 heavy (non-hydrogen) atoms. The lowest BCUT2D eigenvalue weighted by atomic mass is 9.87. The van der Waals surface area contributed by atoms with Crippen LogP contribution in [0.1, 0.15) is 48.4 Å². The molecule has 1 aromatic heterocycles. The molecule has 1 unspecified atom stereocenters. The lowest BCUT2D eigenvalue weighted by Crippen LogP contribution is -2.27. The molecular formula is C23H31N3O. The van der Waals surface area contributed by atoms with Crippen molar-refractivity contribution in [2.75, 3.05) is 27.2 Å². The third-order valence-corrected chi connectivity index (χ3v) is 5.96. The first-order valence-electron chi connectivity index (χ1n) is 10.3. The Morgan fingerprint density at radius 2 is 2.04 bits per heavy atom. The summed E-state index contributed by atoms with van der Waals surface area (Å²) in [5, 5.41) is 9.15. The maximum Gasteiger partial charge on any atom is 0.171 e. The first-order chi connectivity index (χ1) is 13.2. The Morgan fingerprint density at radius 3 is 2.78 bits per heavy atom. The molecule has 2 aliphatic rings. The molecule has 4 heteroatoms. The fourth-order valence-electron chi connectivity index (χ4n) is 4.45. The first-order valence-corrected chi connectivity index (χ1v) is 10.3. The number of hydrogen-bond acceptors (Lipinski definition) is 4. The van der Waals surface area contributed by atoms with Gasteiger partial charge < -0.3 is 14.7 Å². The van der Waals surface area contributed by atoms with Gasteiger partial charge in [0.2, 0.25) is 0 Å². The fraction of sp³-hybridized carbons (Fsp3) is 0.522. The normalized spacial score (nSPS) is 20.8. The van der Waals surface area contributed by atoms with Gasteiger partial charge in [-0.15, -0.1) is 0 Å². The summed E-state index contributed by atoms with van der Waals surface area (Å²) in [5.41, 5.74) is 4.79. The zero-order valence-corrected chi connectivity index (χ0v) is 16.6. The largest absolute Gasteiger partial charge is 0.356 e. The van der Waals surface area contributed by atoms with Crippen molar-refractivity contribution >= 4 is 11.0 Å². The Hall–Kier alpha value is -1.91. The molecule has 4 rings (SSSR count). The third kappa shape index (κ3) is 4.17. The molecular weight excluding hydrogens is 334 g/mol. The van der Waals surface area contributed by atoms with Crippen LogP contribution in [-0.4, -0.2) is 37.2 Å². The topological polar surface area (TPSA) is 41.3 Å². The Labute approximate surface area is 162 Å². The number of piperidine rings is 1. The first kappa shape index (κ1) is 18.5. The second-order valence-electron chi connectivity index (χ2n) is 8.26. The van der Waals surface area contributed by atoms with Crippen LogP contribution in [0.25, 0.3) is 11.0 Å². The fourth-order valence-corrected chi connectivity index (χ4v) is 4.45. The monoisotopic (exact) mass is 365 g/mol. The molecule has 1 N–H and O–H groups in total. The van der Waals surface area contributed by atoms with Crippen molar-refractivity contribution in [2.45, 2.75) is 44.6 Å². The predicted molar refractivity (Wildman–Crippen MR) is 111 cm³/mol.